The van der Waals surface area contributed by atoms with E-state index in [2.05, 4.69) is 13.8 Å². The molecule has 3 nitrogen and oxygen atoms in total. The Morgan fingerprint density at radius 1 is 0.800 bits per heavy atom. The van der Waals surface area contributed by atoms with Crippen LogP contribution in [0.4, 0.5) is 13.2 Å². The molecule has 0 amide bonds. The van der Waals surface area contributed by atoms with Crippen LogP contribution in [0, 0.1) is 11.6 Å². The number of carbonyl (C=O) groups excluding carboxylic acids is 1. The molecule has 0 saturated carbocycles. The van der Waals surface area contributed by atoms with Gasteiger partial charge in [0.15, 0.2) is 11.6 Å². The number of aryl methyl sites for hydroxylation is 1. The van der Waals surface area contributed by atoms with Crippen molar-refractivity contribution in [3.8, 4) is 11.5 Å². The van der Waals surface area contributed by atoms with Crippen molar-refractivity contribution in [2.45, 2.75) is 97.1 Å². The van der Waals surface area contributed by atoms with Crippen molar-refractivity contribution >= 4 is 5.97 Å². The molecule has 0 N–H and O–H groups in total. The zero-order valence-corrected chi connectivity index (χ0v) is 21.1. The fourth-order valence-corrected chi connectivity index (χ4v) is 3.85. The van der Waals surface area contributed by atoms with Gasteiger partial charge in [0, 0.05) is 0 Å². The number of hydrogen-bond acceptors (Lipinski definition) is 3. The molecule has 0 unspecified atom stereocenters. The third-order valence-corrected chi connectivity index (χ3v) is 6.01. The zero-order valence-electron chi connectivity index (χ0n) is 21.1. The highest BCUT2D eigenvalue weighted by atomic mass is 19.2. The zero-order chi connectivity index (χ0) is 25.5. The minimum atomic E-state index is -1.37. The molecule has 0 bridgehead atoms. The molecule has 0 aliphatic carbocycles. The van der Waals surface area contributed by atoms with Crippen LogP contribution in [0.5, 0.6) is 11.5 Å². The summed E-state index contributed by atoms with van der Waals surface area (Å²) >= 11 is 0. The number of hydrogen-bond donors (Lipinski definition) is 0. The lowest BCUT2D eigenvalue weighted by Gasteiger charge is -2.12. The normalized spacial score (nSPS) is 11.9. The van der Waals surface area contributed by atoms with Gasteiger partial charge in [-0.15, -0.1) is 0 Å². The standard InChI is InChI=1S/C29H39F3O3/c1-3-5-7-9-10-11-13-22-15-17-24(18-16-22)35-29(33)25-19-20-26(28(32)27(25)31)34-21-23(30)14-12-8-6-4-2/h15-20,23H,3-14,21H2,1-2H3/t23-/m0/s1. The van der Waals surface area contributed by atoms with Gasteiger partial charge in [0.2, 0.25) is 5.82 Å². The number of alkyl halides is 1. The van der Waals surface area contributed by atoms with E-state index >= 15 is 0 Å². The third-order valence-electron chi connectivity index (χ3n) is 6.01. The minimum Gasteiger partial charge on any atom is -0.487 e. The highest BCUT2D eigenvalue weighted by Gasteiger charge is 2.22. The van der Waals surface area contributed by atoms with Gasteiger partial charge in [0.1, 0.15) is 18.5 Å². The SMILES string of the molecule is CCCCCCCCc1ccc(OC(=O)c2ccc(OC[C@@H](F)CCCCCC)c(F)c2F)cc1. The van der Waals surface area contributed by atoms with Gasteiger partial charge < -0.3 is 9.47 Å². The lowest BCUT2D eigenvalue weighted by atomic mass is 10.0. The molecule has 6 heteroatoms. The summed E-state index contributed by atoms with van der Waals surface area (Å²) in [6.07, 6.45) is 11.0. The van der Waals surface area contributed by atoms with E-state index in [1.165, 1.54) is 32.1 Å². The summed E-state index contributed by atoms with van der Waals surface area (Å²) < 4.78 is 53.2. The van der Waals surface area contributed by atoms with E-state index in [4.69, 9.17) is 9.47 Å². The van der Waals surface area contributed by atoms with Crippen LogP contribution in [0.2, 0.25) is 0 Å². The number of rotatable bonds is 17. The van der Waals surface area contributed by atoms with Gasteiger partial charge in [-0.3, -0.25) is 0 Å². The van der Waals surface area contributed by atoms with Gasteiger partial charge in [-0.2, -0.15) is 4.39 Å². The Morgan fingerprint density at radius 3 is 2.11 bits per heavy atom. The number of esters is 1. The second-order valence-corrected chi connectivity index (χ2v) is 9.05. The molecule has 194 valence electrons. The molecule has 0 aliphatic heterocycles. The molecular formula is C29H39F3O3. The number of ether oxygens (including phenoxy) is 2. The van der Waals surface area contributed by atoms with E-state index in [1.807, 2.05) is 12.1 Å². The largest absolute Gasteiger partial charge is 0.487 e. The predicted molar refractivity (Wildman–Crippen MR) is 134 cm³/mol. The van der Waals surface area contributed by atoms with Crippen LogP contribution < -0.4 is 9.47 Å². The molecule has 35 heavy (non-hydrogen) atoms. The molecular weight excluding hydrogens is 453 g/mol. The molecule has 0 spiro atoms. The molecule has 0 aliphatic rings. The highest BCUT2D eigenvalue weighted by molar-refractivity contribution is 5.91. The van der Waals surface area contributed by atoms with E-state index in [-0.39, 0.29) is 12.4 Å². The van der Waals surface area contributed by atoms with Crippen molar-refractivity contribution < 1.29 is 27.4 Å². The Morgan fingerprint density at radius 2 is 1.43 bits per heavy atom. The van der Waals surface area contributed by atoms with E-state index in [1.54, 1.807) is 12.1 Å². The van der Waals surface area contributed by atoms with Crippen LogP contribution in [-0.2, 0) is 6.42 Å². The van der Waals surface area contributed by atoms with Gasteiger partial charge in [-0.05, 0) is 49.1 Å². The Bertz CT molecular complexity index is 883. The summed E-state index contributed by atoms with van der Waals surface area (Å²) in [5.74, 6) is -3.87. The van der Waals surface area contributed by atoms with Crippen molar-refractivity contribution in [3.05, 3.63) is 59.2 Å². The van der Waals surface area contributed by atoms with Crippen molar-refractivity contribution in [1.82, 2.24) is 0 Å². The fraction of sp³-hybridized carbons (Fsp3) is 0.552. The summed E-state index contributed by atoms with van der Waals surface area (Å²) in [6, 6.07) is 9.27. The molecule has 0 aromatic heterocycles. The predicted octanol–water partition coefficient (Wildman–Crippen LogP) is 8.77. The third kappa shape index (κ3) is 10.3. The van der Waals surface area contributed by atoms with Crippen LogP contribution in [0.1, 0.15) is 100 Å². The maximum Gasteiger partial charge on any atom is 0.346 e. The van der Waals surface area contributed by atoms with Crippen molar-refractivity contribution in [2.75, 3.05) is 6.61 Å². The maximum atomic E-state index is 14.5. The minimum absolute atomic E-state index is 0.255. The second-order valence-electron chi connectivity index (χ2n) is 9.05. The summed E-state index contributed by atoms with van der Waals surface area (Å²) in [5, 5.41) is 0. The van der Waals surface area contributed by atoms with Crippen LogP contribution in [0.3, 0.4) is 0 Å². The van der Waals surface area contributed by atoms with Crippen LogP contribution >= 0.6 is 0 Å². The molecule has 2 rings (SSSR count). The fourth-order valence-electron chi connectivity index (χ4n) is 3.85. The van der Waals surface area contributed by atoms with Gasteiger partial charge in [-0.25, -0.2) is 13.6 Å². The van der Waals surface area contributed by atoms with Gasteiger partial charge in [0.05, 0.1) is 5.56 Å². The number of carbonyl (C=O) groups is 1. The van der Waals surface area contributed by atoms with E-state index < -0.39 is 35.1 Å². The molecule has 2 aromatic rings. The number of benzene rings is 2. The Hall–Kier alpha value is -2.50. The molecule has 2 aromatic carbocycles. The van der Waals surface area contributed by atoms with Crippen molar-refractivity contribution in [3.63, 3.8) is 0 Å². The van der Waals surface area contributed by atoms with Crippen LogP contribution in [0.25, 0.3) is 0 Å². The Kier molecular flexibility index (Phi) is 13.3. The van der Waals surface area contributed by atoms with Crippen LogP contribution in [-0.4, -0.2) is 18.7 Å². The summed E-state index contributed by atoms with van der Waals surface area (Å²) in [4.78, 5) is 12.4. The number of unbranched alkanes of at least 4 members (excludes halogenated alkanes) is 8. The molecule has 0 saturated heterocycles. The first-order valence-corrected chi connectivity index (χ1v) is 13.0. The van der Waals surface area contributed by atoms with E-state index in [0.29, 0.717) is 6.42 Å². The van der Waals surface area contributed by atoms with Gasteiger partial charge >= 0.3 is 5.97 Å². The van der Waals surface area contributed by atoms with Crippen molar-refractivity contribution in [2.24, 2.45) is 0 Å². The topological polar surface area (TPSA) is 35.5 Å². The summed E-state index contributed by atoms with van der Waals surface area (Å²) in [7, 11) is 0. The lowest BCUT2D eigenvalue weighted by molar-refractivity contribution is 0.0728. The van der Waals surface area contributed by atoms with Crippen LogP contribution in [0.15, 0.2) is 36.4 Å². The van der Waals surface area contributed by atoms with Gasteiger partial charge in [-0.1, -0.05) is 83.8 Å². The Balaban J connectivity index is 1.84. The van der Waals surface area contributed by atoms with E-state index in [0.717, 1.165) is 56.2 Å². The highest BCUT2D eigenvalue weighted by Crippen LogP contribution is 2.25. The first-order chi connectivity index (χ1) is 17.0. The summed E-state index contributed by atoms with van der Waals surface area (Å²) in [6.45, 7) is 3.90. The molecule has 0 heterocycles. The van der Waals surface area contributed by atoms with E-state index in [9.17, 15) is 18.0 Å². The Labute approximate surface area is 208 Å². The van der Waals surface area contributed by atoms with Crippen molar-refractivity contribution in [1.29, 1.82) is 0 Å². The first kappa shape index (κ1) is 28.7. The lowest BCUT2D eigenvalue weighted by Crippen LogP contribution is -2.15. The second kappa shape index (κ2) is 16.2. The molecule has 0 radical (unpaired) electrons. The quantitative estimate of drug-likeness (QED) is 0.126. The monoisotopic (exact) mass is 492 g/mol. The average molecular weight is 493 g/mol. The molecule has 0 fully saturated rings. The smallest absolute Gasteiger partial charge is 0.346 e. The summed E-state index contributed by atoms with van der Waals surface area (Å²) in [5.41, 5.74) is 0.595. The maximum absolute atomic E-state index is 14.5. The first-order valence-electron chi connectivity index (χ1n) is 13.0. The number of halogens is 3. The van der Waals surface area contributed by atoms with Gasteiger partial charge in [0.25, 0.3) is 0 Å². The molecule has 1 atom stereocenters. The average Bonchev–Trinajstić information content (AvgIpc) is 2.86.